The van der Waals surface area contributed by atoms with Gasteiger partial charge in [-0.2, -0.15) is 0 Å². The van der Waals surface area contributed by atoms with Gasteiger partial charge in [-0.05, 0) is 57.6 Å². The minimum atomic E-state index is -0.160. The SMILES string of the molecule is CC(C)CC(C=O)NC1CNC(/C=C/C(=O)NCC2CCCCO2)=CN1.CNC1CCCCC1. The van der Waals surface area contributed by atoms with Crippen molar-refractivity contribution in [2.75, 3.05) is 26.7 Å². The first-order valence-electron chi connectivity index (χ1n) is 13.2. The van der Waals surface area contributed by atoms with E-state index in [1.807, 2.05) is 6.20 Å². The zero-order chi connectivity index (χ0) is 24.6. The summed E-state index contributed by atoms with van der Waals surface area (Å²) >= 11 is 0. The lowest BCUT2D eigenvalue weighted by Gasteiger charge is -2.28. The van der Waals surface area contributed by atoms with Crippen LogP contribution in [0.15, 0.2) is 24.0 Å². The average Bonchev–Trinajstić information content (AvgIpc) is 2.88. The molecule has 1 aliphatic carbocycles. The predicted octanol–water partition coefficient (Wildman–Crippen LogP) is 2.33. The molecule has 0 spiro atoms. The molecule has 1 saturated heterocycles. The molecule has 3 atom stereocenters. The first-order chi connectivity index (χ1) is 16.5. The lowest BCUT2D eigenvalue weighted by Crippen LogP contribution is -2.54. The molecule has 8 nitrogen and oxygen atoms in total. The molecule has 0 bridgehead atoms. The number of hydrogen-bond acceptors (Lipinski definition) is 7. The number of rotatable bonds is 10. The van der Waals surface area contributed by atoms with E-state index in [1.54, 1.807) is 6.08 Å². The third-order valence-corrected chi connectivity index (χ3v) is 6.46. The zero-order valence-corrected chi connectivity index (χ0v) is 21.4. The summed E-state index contributed by atoms with van der Waals surface area (Å²) < 4.78 is 5.60. The molecule has 5 N–H and O–H groups in total. The molecule has 194 valence electrons. The van der Waals surface area contributed by atoms with Crippen LogP contribution in [0.1, 0.15) is 71.6 Å². The zero-order valence-electron chi connectivity index (χ0n) is 21.4. The van der Waals surface area contributed by atoms with Gasteiger partial charge in [-0.15, -0.1) is 0 Å². The van der Waals surface area contributed by atoms with Gasteiger partial charge in [-0.1, -0.05) is 33.1 Å². The van der Waals surface area contributed by atoms with Crippen molar-refractivity contribution in [2.24, 2.45) is 5.92 Å². The Kier molecular flexibility index (Phi) is 13.9. The molecule has 3 aliphatic rings. The van der Waals surface area contributed by atoms with Gasteiger partial charge in [0.15, 0.2) is 0 Å². The minimum Gasteiger partial charge on any atom is -0.380 e. The first-order valence-corrected chi connectivity index (χ1v) is 13.2. The van der Waals surface area contributed by atoms with Crippen LogP contribution < -0.4 is 26.6 Å². The quantitative estimate of drug-likeness (QED) is 0.243. The monoisotopic (exact) mass is 477 g/mol. The minimum absolute atomic E-state index is 0.0154. The molecule has 2 fully saturated rings. The largest absolute Gasteiger partial charge is 0.380 e. The second-order valence-corrected chi connectivity index (χ2v) is 9.93. The van der Waals surface area contributed by atoms with Gasteiger partial charge in [0.2, 0.25) is 5.91 Å². The summed E-state index contributed by atoms with van der Waals surface area (Å²) in [6.07, 6.45) is 17.4. The van der Waals surface area contributed by atoms with Crippen molar-refractivity contribution >= 4 is 12.2 Å². The van der Waals surface area contributed by atoms with Crippen LogP contribution in [0.2, 0.25) is 0 Å². The van der Waals surface area contributed by atoms with Gasteiger partial charge in [-0.3, -0.25) is 10.1 Å². The molecule has 0 aromatic rings. The van der Waals surface area contributed by atoms with Gasteiger partial charge >= 0.3 is 0 Å². The maximum absolute atomic E-state index is 11.9. The third kappa shape index (κ3) is 12.0. The highest BCUT2D eigenvalue weighted by Gasteiger charge is 2.18. The molecule has 3 unspecified atom stereocenters. The van der Waals surface area contributed by atoms with Gasteiger partial charge in [0, 0.05) is 38.0 Å². The van der Waals surface area contributed by atoms with E-state index in [0.29, 0.717) is 19.0 Å². The number of amides is 1. The summed E-state index contributed by atoms with van der Waals surface area (Å²) in [6.45, 7) is 6.17. The van der Waals surface area contributed by atoms with E-state index >= 15 is 0 Å². The highest BCUT2D eigenvalue weighted by molar-refractivity contribution is 5.87. The lowest BCUT2D eigenvalue weighted by atomic mass is 9.96. The molecular formula is C26H47N5O3. The summed E-state index contributed by atoms with van der Waals surface area (Å²) in [5.41, 5.74) is 0.832. The van der Waals surface area contributed by atoms with Gasteiger partial charge in [0.25, 0.3) is 0 Å². The van der Waals surface area contributed by atoms with Crippen LogP contribution in [0, 0.1) is 5.92 Å². The molecule has 0 aromatic heterocycles. The topological polar surface area (TPSA) is 104 Å². The van der Waals surface area contributed by atoms with Crippen LogP contribution in [-0.4, -0.2) is 63.3 Å². The fraction of sp³-hybridized carbons (Fsp3) is 0.769. The van der Waals surface area contributed by atoms with Crippen LogP contribution in [0.5, 0.6) is 0 Å². The number of carbonyl (C=O) groups excluding carboxylic acids is 2. The van der Waals surface area contributed by atoms with E-state index in [0.717, 1.165) is 50.3 Å². The van der Waals surface area contributed by atoms with Crippen molar-refractivity contribution in [3.05, 3.63) is 24.0 Å². The maximum atomic E-state index is 11.9. The fourth-order valence-corrected chi connectivity index (χ4v) is 4.46. The summed E-state index contributed by atoms with van der Waals surface area (Å²) in [5.74, 6) is 0.334. The van der Waals surface area contributed by atoms with Gasteiger partial charge in [0.05, 0.1) is 24.0 Å². The van der Waals surface area contributed by atoms with Crippen LogP contribution in [0.4, 0.5) is 0 Å². The second-order valence-electron chi connectivity index (χ2n) is 9.93. The molecule has 34 heavy (non-hydrogen) atoms. The van der Waals surface area contributed by atoms with Crippen LogP contribution in [-0.2, 0) is 14.3 Å². The van der Waals surface area contributed by atoms with Crippen molar-refractivity contribution in [1.29, 1.82) is 0 Å². The molecule has 0 aromatic carbocycles. The highest BCUT2D eigenvalue weighted by Crippen LogP contribution is 2.16. The van der Waals surface area contributed by atoms with E-state index in [9.17, 15) is 9.59 Å². The Morgan fingerprint density at radius 1 is 1.18 bits per heavy atom. The summed E-state index contributed by atoms with van der Waals surface area (Å²) in [5, 5.41) is 15.9. The summed E-state index contributed by atoms with van der Waals surface area (Å²) in [4.78, 5) is 23.0. The molecular weight excluding hydrogens is 430 g/mol. The number of ether oxygens (including phenoxy) is 1. The Balaban J connectivity index is 0.000000430. The van der Waals surface area contributed by atoms with E-state index < -0.39 is 0 Å². The van der Waals surface area contributed by atoms with E-state index in [4.69, 9.17) is 4.74 Å². The number of nitrogens with one attached hydrogen (secondary N) is 5. The standard InChI is InChI=1S/C19H32N4O3.C7H15N/c1-14(2)9-16(13-24)23-18-12-20-15(10-21-18)6-7-19(25)22-11-17-5-3-4-8-26-17;1-8-7-5-3-2-4-6-7/h6-7,10,13-14,16-18,20-21,23H,3-5,8-9,11-12H2,1-2H3,(H,22,25);7-8H,2-6H2,1H3/b7-6+;. The Bertz CT molecular complexity index is 640. The second kappa shape index (κ2) is 16.7. The molecule has 2 aliphatic heterocycles. The Morgan fingerprint density at radius 3 is 2.50 bits per heavy atom. The highest BCUT2D eigenvalue weighted by atomic mass is 16.5. The molecule has 8 heteroatoms. The van der Waals surface area contributed by atoms with Crippen molar-refractivity contribution in [1.82, 2.24) is 26.6 Å². The van der Waals surface area contributed by atoms with Crippen LogP contribution >= 0.6 is 0 Å². The molecule has 1 saturated carbocycles. The summed E-state index contributed by atoms with van der Waals surface area (Å²) in [7, 11) is 2.07. The number of allylic oxidation sites excluding steroid dienone is 1. The van der Waals surface area contributed by atoms with Crippen LogP contribution in [0.25, 0.3) is 0 Å². The predicted molar refractivity (Wildman–Crippen MR) is 137 cm³/mol. The number of hydrogen-bond donors (Lipinski definition) is 5. The van der Waals surface area contributed by atoms with Crippen LogP contribution in [0.3, 0.4) is 0 Å². The molecule has 0 radical (unpaired) electrons. The maximum Gasteiger partial charge on any atom is 0.244 e. The van der Waals surface area contributed by atoms with Gasteiger partial charge < -0.3 is 30.8 Å². The van der Waals surface area contributed by atoms with E-state index in [1.165, 1.54) is 38.2 Å². The van der Waals surface area contributed by atoms with Crippen molar-refractivity contribution in [3.8, 4) is 0 Å². The Labute approximate surface area is 206 Å². The third-order valence-electron chi connectivity index (χ3n) is 6.46. The van der Waals surface area contributed by atoms with E-state index in [-0.39, 0.29) is 24.2 Å². The fourth-order valence-electron chi connectivity index (χ4n) is 4.46. The number of carbonyl (C=O) groups is 2. The van der Waals surface area contributed by atoms with Gasteiger partial charge in [0.1, 0.15) is 6.29 Å². The summed E-state index contributed by atoms with van der Waals surface area (Å²) in [6, 6.07) is 0.677. The normalized spacial score (nSPS) is 24.3. The van der Waals surface area contributed by atoms with Gasteiger partial charge in [-0.25, -0.2) is 0 Å². The van der Waals surface area contributed by atoms with Crippen molar-refractivity contribution in [3.63, 3.8) is 0 Å². The first kappa shape index (κ1) is 28.3. The molecule has 2 heterocycles. The number of aldehydes is 1. The Morgan fingerprint density at radius 2 is 1.94 bits per heavy atom. The van der Waals surface area contributed by atoms with E-state index in [2.05, 4.69) is 47.5 Å². The smallest absolute Gasteiger partial charge is 0.244 e. The lowest BCUT2D eigenvalue weighted by molar-refractivity contribution is -0.117. The van der Waals surface area contributed by atoms with Crippen molar-refractivity contribution < 1.29 is 14.3 Å². The van der Waals surface area contributed by atoms with Crippen molar-refractivity contribution in [2.45, 2.75) is 96.0 Å². The average molecular weight is 478 g/mol. The molecule has 1 amide bonds. The Hall–Kier alpha value is -1.90. The molecule has 3 rings (SSSR count).